The number of hydrogen-bond donors (Lipinski definition) is 2. The predicted octanol–water partition coefficient (Wildman–Crippen LogP) is 1.37. The number of aliphatic carboxylic acids is 1. The fraction of sp³-hybridized carbons (Fsp3) is 0.529. The van der Waals surface area contributed by atoms with E-state index < -0.39 is 5.97 Å². The van der Waals surface area contributed by atoms with Crippen LogP contribution in [0.25, 0.3) is 0 Å². The number of hydrogen-bond acceptors (Lipinski definition) is 5. The molecule has 1 aliphatic rings. The lowest BCUT2D eigenvalue weighted by Crippen LogP contribution is -2.54. The highest BCUT2D eigenvalue weighted by molar-refractivity contribution is 5.97. The third-order valence-electron chi connectivity index (χ3n) is 4.36. The molecule has 0 atom stereocenters. The Balaban J connectivity index is 1.92. The lowest BCUT2D eigenvalue weighted by molar-refractivity contribution is -0.139. The molecular weight excluding hydrogens is 312 g/mol. The number of amides is 1. The summed E-state index contributed by atoms with van der Waals surface area (Å²) in [6.07, 6.45) is 1.51. The molecule has 1 aliphatic carbocycles. The van der Waals surface area contributed by atoms with E-state index in [1.54, 1.807) is 25.3 Å². The maximum Gasteiger partial charge on any atom is 0.317 e. The van der Waals surface area contributed by atoms with E-state index in [1.165, 1.54) is 7.11 Å². The minimum atomic E-state index is -0.827. The third-order valence-corrected chi connectivity index (χ3v) is 4.36. The van der Waals surface area contributed by atoms with Crippen molar-refractivity contribution < 1.29 is 24.2 Å². The van der Waals surface area contributed by atoms with Crippen molar-refractivity contribution in [1.82, 2.24) is 10.2 Å². The van der Waals surface area contributed by atoms with Crippen LogP contribution in [0.4, 0.5) is 0 Å². The number of methoxy groups -OCH3 is 2. The minimum Gasteiger partial charge on any atom is -0.497 e. The van der Waals surface area contributed by atoms with Gasteiger partial charge in [0, 0.05) is 18.2 Å². The van der Waals surface area contributed by atoms with Gasteiger partial charge in [0.1, 0.15) is 11.5 Å². The summed E-state index contributed by atoms with van der Waals surface area (Å²) < 4.78 is 10.4. The quantitative estimate of drug-likeness (QED) is 0.745. The Hall–Kier alpha value is -2.28. The van der Waals surface area contributed by atoms with E-state index in [0.717, 1.165) is 12.8 Å². The average molecular weight is 336 g/mol. The van der Waals surface area contributed by atoms with E-state index >= 15 is 0 Å². The van der Waals surface area contributed by atoms with Crippen molar-refractivity contribution in [3.8, 4) is 11.5 Å². The Morgan fingerprint density at radius 2 is 2.00 bits per heavy atom. The number of benzene rings is 1. The molecule has 1 amide bonds. The lowest BCUT2D eigenvalue weighted by Gasteiger charge is -2.42. The number of rotatable bonds is 8. The normalized spacial score (nSPS) is 19.5. The molecule has 0 saturated heterocycles. The molecule has 0 radical (unpaired) electrons. The summed E-state index contributed by atoms with van der Waals surface area (Å²) in [6.45, 7) is 2.66. The Morgan fingerprint density at radius 3 is 2.54 bits per heavy atom. The van der Waals surface area contributed by atoms with Crippen molar-refractivity contribution in [2.45, 2.75) is 31.8 Å². The Kier molecular flexibility index (Phi) is 6.03. The van der Waals surface area contributed by atoms with Gasteiger partial charge < -0.3 is 19.9 Å². The molecule has 7 nitrogen and oxygen atoms in total. The molecule has 1 fully saturated rings. The molecule has 1 saturated carbocycles. The van der Waals surface area contributed by atoms with Gasteiger partial charge in [0.15, 0.2) is 0 Å². The van der Waals surface area contributed by atoms with Crippen molar-refractivity contribution in [2.75, 3.05) is 27.3 Å². The van der Waals surface area contributed by atoms with Crippen LogP contribution < -0.4 is 14.8 Å². The maximum atomic E-state index is 12.4. The monoisotopic (exact) mass is 336 g/mol. The van der Waals surface area contributed by atoms with E-state index in [4.69, 9.17) is 14.6 Å². The van der Waals surface area contributed by atoms with Gasteiger partial charge in [0.2, 0.25) is 0 Å². The number of nitrogens with zero attached hydrogens (tertiary/aromatic N) is 1. The van der Waals surface area contributed by atoms with E-state index in [9.17, 15) is 9.59 Å². The van der Waals surface area contributed by atoms with Crippen LogP contribution in [0.15, 0.2) is 18.2 Å². The molecule has 2 N–H and O–H groups in total. The second-order valence-corrected chi connectivity index (χ2v) is 5.82. The van der Waals surface area contributed by atoms with Crippen LogP contribution in [0.2, 0.25) is 0 Å². The molecule has 0 unspecified atom stereocenters. The largest absolute Gasteiger partial charge is 0.497 e. The molecule has 0 heterocycles. The van der Waals surface area contributed by atoms with E-state index in [1.807, 2.05) is 11.8 Å². The minimum absolute atomic E-state index is 0.0358. The topological polar surface area (TPSA) is 88.1 Å². The number of carboxylic acid groups (broad SMARTS) is 1. The molecule has 7 heteroatoms. The molecule has 0 spiro atoms. The zero-order valence-electron chi connectivity index (χ0n) is 14.2. The number of ether oxygens (including phenoxy) is 2. The van der Waals surface area contributed by atoms with E-state index in [-0.39, 0.29) is 24.5 Å². The van der Waals surface area contributed by atoms with Gasteiger partial charge in [-0.25, -0.2) is 0 Å². The van der Waals surface area contributed by atoms with Gasteiger partial charge in [-0.05, 0) is 31.5 Å². The summed E-state index contributed by atoms with van der Waals surface area (Å²) in [5.74, 6) is 0.0645. The van der Waals surface area contributed by atoms with Gasteiger partial charge >= 0.3 is 5.97 Å². The molecule has 0 bridgehead atoms. The highest BCUT2D eigenvalue weighted by Gasteiger charge is 2.35. The Bertz CT molecular complexity index is 599. The number of likely N-dealkylation sites (N-methyl/N-ethyl adjacent to an activating group) is 1. The van der Waals surface area contributed by atoms with Gasteiger partial charge in [-0.3, -0.25) is 14.5 Å². The molecule has 132 valence electrons. The van der Waals surface area contributed by atoms with Crippen LogP contribution >= 0.6 is 0 Å². The summed E-state index contributed by atoms with van der Waals surface area (Å²) in [5, 5.41) is 11.9. The zero-order chi connectivity index (χ0) is 17.7. The number of carboxylic acids is 1. The highest BCUT2D eigenvalue weighted by atomic mass is 16.5. The van der Waals surface area contributed by atoms with Crippen molar-refractivity contribution in [3.05, 3.63) is 23.8 Å². The fourth-order valence-corrected chi connectivity index (χ4v) is 2.93. The van der Waals surface area contributed by atoms with E-state index in [0.29, 0.717) is 23.6 Å². The Labute approximate surface area is 141 Å². The fourth-order valence-electron chi connectivity index (χ4n) is 2.93. The first-order chi connectivity index (χ1) is 11.5. The number of nitrogens with one attached hydrogen (secondary N) is 1. The molecule has 2 rings (SSSR count). The van der Waals surface area contributed by atoms with Crippen LogP contribution in [-0.2, 0) is 4.79 Å². The van der Waals surface area contributed by atoms with Crippen molar-refractivity contribution in [3.63, 3.8) is 0 Å². The van der Waals surface area contributed by atoms with Crippen LogP contribution in [0, 0.1) is 0 Å². The van der Waals surface area contributed by atoms with Gasteiger partial charge in [-0.2, -0.15) is 0 Å². The molecule has 0 aliphatic heterocycles. The summed E-state index contributed by atoms with van der Waals surface area (Å²) in [7, 11) is 3.07. The summed E-state index contributed by atoms with van der Waals surface area (Å²) >= 11 is 0. The summed E-state index contributed by atoms with van der Waals surface area (Å²) in [5.41, 5.74) is 0.458. The van der Waals surface area contributed by atoms with Crippen LogP contribution in [-0.4, -0.2) is 61.3 Å². The SMILES string of the molecule is CCN(CC(=O)O)C1CC(NC(=O)c2ccc(OC)cc2OC)C1. The molecule has 1 aromatic rings. The van der Waals surface area contributed by atoms with Gasteiger partial charge in [0.05, 0.1) is 26.3 Å². The number of carbonyl (C=O) groups is 2. The van der Waals surface area contributed by atoms with Crippen molar-refractivity contribution in [2.24, 2.45) is 0 Å². The predicted molar refractivity (Wildman–Crippen MR) is 88.7 cm³/mol. The lowest BCUT2D eigenvalue weighted by atomic mass is 9.85. The van der Waals surface area contributed by atoms with Crippen LogP contribution in [0.1, 0.15) is 30.1 Å². The first kappa shape index (κ1) is 18.1. The average Bonchev–Trinajstić information content (AvgIpc) is 2.54. The smallest absolute Gasteiger partial charge is 0.317 e. The second-order valence-electron chi connectivity index (χ2n) is 5.82. The number of carbonyl (C=O) groups excluding carboxylic acids is 1. The maximum absolute atomic E-state index is 12.4. The third kappa shape index (κ3) is 4.17. The van der Waals surface area contributed by atoms with Crippen LogP contribution in [0.3, 0.4) is 0 Å². The zero-order valence-corrected chi connectivity index (χ0v) is 14.2. The second kappa shape index (κ2) is 8.01. The summed E-state index contributed by atoms with van der Waals surface area (Å²) in [6, 6.07) is 5.31. The van der Waals surface area contributed by atoms with Crippen LogP contribution in [0.5, 0.6) is 11.5 Å². The standard InChI is InChI=1S/C17H24N2O5/c1-4-19(10-16(20)21)12-7-11(8-12)18-17(22)14-6-5-13(23-2)9-15(14)24-3/h5-6,9,11-12H,4,7-8,10H2,1-3H3,(H,18,22)(H,20,21). The molecule has 0 aromatic heterocycles. The molecule has 1 aromatic carbocycles. The first-order valence-electron chi connectivity index (χ1n) is 7.97. The van der Waals surface area contributed by atoms with Gasteiger partial charge in [-0.15, -0.1) is 0 Å². The van der Waals surface area contributed by atoms with Crippen molar-refractivity contribution in [1.29, 1.82) is 0 Å². The van der Waals surface area contributed by atoms with Gasteiger partial charge in [-0.1, -0.05) is 6.92 Å². The van der Waals surface area contributed by atoms with Crippen molar-refractivity contribution >= 4 is 11.9 Å². The summed E-state index contributed by atoms with van der Waals surface area (Å²) in [4.78, 5) is 25.2. The van der Waals surface area contributed by atoms with E-state index in [2.05, 4.69) is 5.32 Å². The Morgan fingerprint density at radius 1 is 1.29 bits per heavy atom. The van der Waals surface area contributed by atoms with Gasteiger partial charge in [0.25, 0.3) is 5.91 Å². The molecule has 24 heavy (non-hydrogen) atoms. The highest BCUT2D eigenvalue weighted by Crippen LogP contribution is 2.28. The first-order valence-corrected chi connectivity index (χ1v) is 7.97. The molecular formula is C17H24N2O5.